The molecule has 1 unspecified atom stereocenters. The fraction of sp³-hybridized carbons (Fsp3) is 0.500. The van der Waals surface area contributed by atoms with Crippen LogP contribution < -0.4 is 0 Å². The molecule has 3 heteroatoms. The highest BCUT2D eigenvalue weighted by Crippen LogP contribution is 2.38. The Hall–Kier alpha value is 0.110. The van der Waals surface area contributed by atoms with Crippen LogP contribution in [-0.4, -0.2) is 4.83 Å². The van der Waals surface area contributed by atoms with E-state index in [-0.39, 0.29) is 5.82 Å². The predicted octanol–water partition coefficient (Wildman–Crippen LogP) is 4.69. The van der Waals surface area contributed by atoms with Gasteiger partial charge in [-0.25, -0.2) is 4.39 Å². The molecule has 0 aliphatic heterocycles. The lowest BCUT2D eigenvalue weighted by molar-refractivity contribution is 0.591. The van der Waals surface area contributed by atoms with Gasteiger partial charge in [-0.1, -0.05) is 28.1 Å². The van der Waals surface area contributed by atoms with Crippen LogP contribution in [0.3, 0.4) is 0 Å². The maximum absolute atomic E-state index is 13.6. The van der Waals surface area contributed by atoms with Gasteiger partial charge in [-0.05, 0) is 59.2 Å². The summed E-state index contributed by atoms with van der Waals surface area (Å²) in [5.74, 6) is 0.730. The first-order chi connectivity index (χ1) is 7.18. The smallest absolute Gasteiger partial charge is 0.140 e. The average molecular weight is 336 g/mol. The molecule has 1 atom stereocenters. The third kappa shape index (κ3) is 3.04. The molecule has 0 bridgehead atoms. The van der Waals surface area contributed by atoms with E-state index in [0.29, 0.717) is 9.30 Å². The van der Waals surface area contributed by atoms with Crippen molar-refractivity contribution in [2.45, 2.75) is 30.5 Å². The summed E-state index contributed by atoms with van der Waals surface area (Å²) < 4.78 is 14.2. The second kappa shape index (κ2) is 4.96. The largest absolute Gasteiger partial charge is 0.205 e. The van der Waals surface area contributed by atoms with E-state index in [2.05, 4.69) is 31.9 Å². The Morgan fingerprint density at radius 3 is 2.80 bits per heavy atom. The van der Waals surface area contributed by atoms with Crippen LogP contribution in [0.15, 0.2) is 22.7 Å². The Kier molecular flexibility index (Phi) is 3.83. The second-order valence-electron chi connectivity index (χ2n) is 4.11. The van der Waals surface area contributed by atoms with Crippen LogP contribution in [0.1, 0.15) is 24.8 Å². The van der Waals surface area contributed by atoms with Crippen LogP contribution in [0, 0.1) is 11.7 Å². The molecule has 0 N–H and O–H groups in total. The molecule has 1 aliphatic rings. The monoisotopic (exact) mass is 334 g/mol. The maximum Gasteiger partial charge on any atom is 0.140 e. The summed E-state index contributed by atoms with van der Waals surface area (Å²) in [6.45, 7) is 0. The minimum absolute atomic E-state index is 0.104. The minimum atomic E-state index is -0.104. The highest BCUT2D eigenvalue weighted by molar-refractivity contribution is 9.10. The fourth-order valence-electron chi connectivity index (χ4n) is 1.73. The predicted molar refractivity (Wildman–Crippen MR) is 67.9 cm³/mol. The summed E-state index contributed by atoms with van der Waals surface area (Å²) >= 11 is 6.88. The van der Waals surface area contributed by atoms with Crippen molar-refractivity contribution in [3.8, 4) is 0 Å². The van der Waals surface area contributed by atoms with Gasteiger partial charge in [-0.2, -0.15) is 0 Å². The van der Waals surface area contributed by atoms with Gasteiger partial charge in [0.15, 0.2) is 0 Å². The van der Waals surface area contributed by atoms with Gasteiger partial charge in [0.1, 0.15) is 5.82 Å². The van der Waals surface area contributed by atoms with E-state index >= 15 is 0 Å². The number of rotatable bonds is 4. The SMILES string of the molecule is Fc1c(Br)cccc1CCC(Br)C1CC1. The summed E-state index contributed by atoms with van der Waals surface area (Å²) in [5, 5.41) is 0. The minimum Gasteiger partial charge on any atom is -0.205 e. The van der Waals surface area contributed by atoms with E-state index in [9.17, 15) is 4.39 Å². The van der Waals surface area contributed by atoms with Gasteiger partial charge in [0.2, 0.25) is 0 Å². The Balaban J connectivity index is 1.95. The van der Waals surface area contributed by atoms with Crippen LogP contribution in [-0.2, 0) is 6.42 Å². The molecule has 0 radical (unpaired) electrons. The highest BCUT2D eigenvalue weighted by Gasteiger charge is 2.28. The van der Waals surface area contributed by atoms with Crippen LogP contribution in [0.5, 0.6) is 0 Å². The Bertz CT molecular complexity index is 347. The van der Waals surface area contributed by atoms with Gasteiger partial charge >= 0.3 is 0 Å². The summed E-state index contributed by atoms with van der Waals surface area (Å²) in [6, 6.07) is 5.50. The summed E-state index contributed by atoms with van der Waals surface area (Å²) in [5.41, 5.74) is 0.814. The Labute approximate surface area is 107 Å². The van der Waals surface area contributed by atoms with Gasteiger partial charge < -0.3 is 0 Å². The molecule has 1 saturated carbocycles. The van der Waals surface area contributed by atoms with Crippen LogP contribution in [0.4, 0.5) is 4.39 Å². The zero-order chi connectivity index (χ0) is 10.8. The molecule has 2 rings (SSSR count). The highest BCUT2D eigenvalue weighted by atomic mass is 79.9. The average Bonchev–Trinajstić information content (AvgIpc) is 3.03. The summed E-state index contributed by atoms with van der Waals surface area (Å²) in [7, 11) is 0. The third-order valence-corrected chi connectivity index (χ3v) is 4.67. The zero-order valence-corrected chi connectivity index (χ0v) is 11.5. The van der Waals surface area contributed by atoms with Gasteiger partial charge in [0.05, 0.1) is 4.47 Å². The van der Waals surface area contributed by atoms with E-state index in [1.54, 1.807) is 6.07 Å². The molecule has 0 amide bonds. The first-order valence-corrected chi connectivity index (χ1v) is 6.96. The van der Waals surface area contributed by atoms with Crippen molar-refractivity contribution in [2.24, 2.45) is 5.92 Å². The number of halogens is 3. The lowest BCUT2D eigenvalue weighted by Gasteiger charge is -2.09. The van der Waals surface area contributed by atoms with E-state index in [1.807, 2.05) is 12.1 Å². The van der Waals surface area contributed by atoms with Crippen molar-refractivity contribution in [1.82, 2.24) is 0 Å². The van der Waals surface area contributed by atoms with E-state index in [1.165, 1.54) is 12.8 Å². The van der Waals surface area contributed by atoms with Gasteiger partial charge in [-0.15, -0.1) is 0 Å². The molecule has 0 saturated heterocycles. The number of benzene rings is 1. The van der Waals surface area contributed by atoms with Crippen molar-refractivity contribution in [2.75, 3.05) is 0 Å². The van der Waals surface area contributed by atoms with Gasteiger partial charge in [0, 0.05) is 4.83 Å². The fourth-order valence-corrected chi connectivity index (χ4v) is 2.89. The van der Waals surface area contributed by atoms with E-state index < -0.39 is 0 Å². The van der Waals surface area contributed by atoms with Gasteiger partial charge in [0.25, 0.3) is 0 Å². The first kappa shape index (κ1) is 11.6. The molecule has 82 valence electrons. The van der Waals surface area contributed by atoms with Crippen molar-refractivity contribution in [3.63, 3.8) is 0 Å². The molecule has 0 spiro atoms. The quantitative estimate of drug-likeness (QED) is 0.700. The van der Waals surface area contributed by atoms with E-state index in [0.717, 1.165) is 24.3 Å². The molecule has 15 heavy (non-hydrogen) atoms. The van der Waals surface area contributed by atoms with Crippen molar-refractivity contribution >= 4 is 31.9 Å². The Morgan fingerprint density at radius 2 is 2.13 bits per heavy atom. The third-order valence-electron chi connectivity index (χ3n) is 2.85. The zero-order valence-electron chi connectivity index (χ0n) is 8.35. The van der Waals surface area contributed by atoms with Crippen LogP contribution in [0.2, 0.25) is 0 Å². The van der Waals surface area contributed by atoms with Gasteiger partial charge in [-0.3, -0.25) is 0 Å². The normalized spacial score (nSPS) is 17.8. The number of aryl methyl sites for hydroxylation is 1. The lowest BCUT2D eigenvalue weighted by Crippen LogP contribution is -2.03. The van der Waals surface area contributed by atoms with E-state index in [4.69, 9.17) is 0 Å². The maximum atomic E-state index is 13.6. The molecule has 1 aliphatic carbocycles. The molecule has 1 aromatic rings. The topological polar surface area (TPSA) is 0 Å². The summed E-state index contributed by atoms with van der Waals surface area (Å²) in [4.78, 5) is 0.566. The first-order valence-electron chi connectivity index (χ1n) is 5.25. The molecule has 1 fully saturated rings. The molecule has 0 aromatic heterocycles. The lowest BCUT2D eigenvalue weighted by atomic mass is 10.1. The van der Waals surface area contributed by atoms with Crippen LogP contribution in [0.25, 0.3) is 0 Å². The van der Waals surface area contributed by atoms with Crippen molar-refractivity contribution < 1.29 is 4.39 Å². The second-order valence-corrected chi connectivity index (χ2v) is 6.14. The number of hydrogen-bond donors (Lipinski definition) is 0. The van der Waals surface area contributed by atoms with Crippen LogP contribution >= 0.6 is 31.9 Å². The standard InChI is InChI=1S/C12H13Br2F/c13-10(8-4-5-8)7-6-9-2-1-3-11(14)12(9)15/h1-3,8,10H,4-7H2. The number of alkyl halides is 1. The molecule has 1 aromatic carbocycles. The molecule has 0 nitrogen and oxygen atoms in total. The molecular weight excluding hydrogens is 323 g/mol. The summed E-state index contributed by atoms with van der Waals surface area (Å²) in [6.07, 6.45) is 4.50. The molecule has 0 heterocycles. The van der Waals surface area contributed by atoms with Crippen molar-refractivity contribution in [1.29, 1.82) is 0 Å². The number of hydrogen-bond acceptors (Lipinski definition) is 0. The Morgan fingerprint density at radius 1 is 1.40 bits per heavy atom. The van der Waals surface area contributed by atoms with Crippen molar-refractivity contribution in [3.05, 3.63) is 34.1 Å². The molecular formula is C12H13Br2F.